The quantitative estimate of drug-likeness (QED) is 0.942. The van der Waals surface area contributed by atoms with Gasteiger partial charge in [-0.1, -0.05) is 13.3 Å². The molecule has 6 heteroatoms. The maximum absolute atomic E-state index is 12.4. The van der Waals surface area contributed by atoms with Crippen LogP contribution in [-0.4, -0.2) is 20.7 Å². The van der Waals surface area contributed by atoms with Crippen molar-refractivity contribution in [1.82, 2.24) is 20.1 Å². The molecule has 1 aliphatic rings. The van der Waals surface area contributed by atoms with Crippen LogP contribution >= 0.6 is 11.3 Å². The highest BCUT2D eigenvalue weighted by Gasteiger charge is 2.21. The van der Waals surface area contributed by atoms with Crippen LogP contribution in [0.2, 0.25) is 0 Å². The van der Waals surface area contributed by atoms with Crippen LogP contribution in [0, 0.1) is 0 Å². The lowest BCUT2D eigenvalue weighted by molar-refractivity contribution is 0.0941. The highest BCUT2D eigenvalue weighted by molar-refractivity contribution is 7.14. The molecule has 0 aliphatic carbocycles. The molecule has 1 aliphatic heterocycles. The zero-order chi connectivity index (χ0) is 15.5. The number of hydrogen-bond acceptors (Lipinski definition) is 4. The zero-order valence-corrected chi connectivity index (χ0v) is 13.9. The summed E-state index contributed by atoms with van der Waals surface area (Å²) >= 11 is 1.56. The van der Waals surface area contributed by atoms with Gasteiger partial charge in [-0.2, -0.15) is 0 Å². The lowest BCUT2D eigenvalue weighted by Crippen LogP contribution is -2.28. The average molecular weight is 318 g/mol. The number of carbonyl (C=O) groups excluding carboxylic acids is 1. The first-order chi connectivity index (χ1) is 10.7. The summed E-state index contributed by atoms with van der Waals surface area (Å²) in [5.41, 5.74) is 0. The lowest BCUT2D eigenvalue weighted by atomic mass is 10.2. The average Bonchev–Trinajstić information content (AvgIpc) is 3.09. The summed E-state index contributed by atoms with van der Waals surface area (Å²) in [6.07, 6.45) is 5.51. The summed E-state index contributed by atoms with van der Waals surface area (Å²) in [6, 6.07) is 3.79. The number of aromatic nitrogens is 3. The third-order valence-corrected chi connectivity index (χ3v) is 5.34. The van der Waals surface area contributed by atoms with E-state index in [1.165, 1.54) is 17.7 Å². The van der Waals surface area contributed by atoms with Gasteiger partial charge in [-0.15, -0.1) is 21.5 Å². The molecule has 0 unspecified atom stereocenters. The van der Waals surface area contributed by atoms with Crippen molar-refractivity contribution in [3.8, 4) is 0 Å². The smallest absolute Gasteiger partial charge is 0.261 e. The number of amides is 1. The van der Waals surface area contributed by atoms with E-state index in [0.29, 0.717) is 0 Å². The number of rotatable bonds is 4. The molecule has 1 N–H and O–H groups in total. The molecule has 0 saturated carbocycles. The lowest BCUT2D eigenvalue weighted by Gasteiger charge is -2.14. The summed E-state index contributed by atoms with van der Waals surface area (Å²) < 4.78 is 2.18. The van der Waals surface area contributed by atoms with Gasteiger partial charge in [0.25, 0.3) is 5.91 Å². The summed E-state index contributed by atoms with van der Waals surface area (Å²) in [5.74, 6) is 1.90. The Bertz CT molecular complexity index is 661. The van der Waals surface area contributed by atoms with Gasteiger partial charge in [-0.05, 0) is 38.3 Å². The van der Waals surface area contributed by atoms with Crippen molar-refractivity contribution in [2.45, 2.75) is 58.5 Å². The predicted octanol–water partition coefficient (Wildman–Crippen LogP) is 3.12. The van der Waals surface area contributed by atoms with Gasteiger partial charge >= 0.3 is 0 Å². The van der Waals surface area contributed by atoms with Crippen molar-refractivity contribution in [3.63, 3.8) is 0 Å². The van der Waals surface area contributed by atoms with Crippen molar-refractivity contribution in [2.24, 2.45) is 0 Å². The number of fused-ring (bicyclic) bond motifs is 1. The second kappa shape index (κ2) is 6.60. The van der Waals surface area contributed by atoms with Crippen molar-refractivity contribution < 1.29 is 4.79 Å². The Labute approximate surface area is 134 Å². The van der Waals surface area contributed by atoms with Crippen molar-refractivity contribution in [3.05, 3.63) is 33.5 Å². The molecule has 0 aromatic carbocycles. The van der Waals surface area contributed by atoms with Crippen molar-refractivity contribution in [1.29, 1.82) is 0 Å². The SMILES string of the molecule is CCc1ccc(C(=O)N[C@@H](C)c2nnc3n2CCCCC3)s1. The molecular formula is C16H22N4OS. The molecule has 3 heterocycles. The summed E-state index contributed by atoms with van der Waals surface area (Å²) in [4.78, 5) is 14.4. The van der Waals surface area contributed by atoms with Crippen LogP contribution in [0.4, 0.5) is 0 Å². The van der Waals surface area contributed by atoms with E-state index < -0.39 is 0 Å². The second-order valence-electron chi connectivity index (χ2n) is 5.75. The molecule has 118 valence electrons. The molecule has 22 heavy (non-hydrogen) atoms. The minimum absolute atomic E-state index is 0.0248. The fourth-order valence-corrected chi connectivity index (χ4v) is 3.70. The number of hydrogen-bond donors (Lipinski definition) is 1. The zero-order valence-electron chi connectivity index (χ0n) is 13.1. The molecule has 2 aromatic heterocycles. The number of nitrogens with zero attached hydrogens (tertiary/aromatic N) is 3. The second-order valence-corrected chi connectivity index (χ2v) is 6.92. The van der Waals surface area contributed by atoms with Crippen LogP contribution in [0.1, 0.15) is 65.3 Å². The van der Waals surface area contributed by atoms with Crippen LogP contribution in [0.15, 0.2) is 12.1 Å². The van der Waals surface area contributed by atoms with E-state index in [1.54, 1.807) is 11.3 Å². The highest BCUT2D eigenvalue weighted by Crippen LogP contribution is 2.21. The Morgan fingerprint density at radius 2 is 2.23 bits per heavy atom. The van der Waals surface area contributed by atoms with Crippen LogP contribution in [-0.2, 0) is 19.4 Å². The molecule has 5 nitrogen and oxygen atoms in total. The predicted molar refractivity (Wildman–Crippen MR) is 87.2 cm³/mol. The third-order valence-electron chi connectivity index (χ3n) is 4.11. The highest BCUT2D eigenvalue weighted by atomic mass is 32.1. The molecule has 0 spiro atoms. The van der Waals surface area contributed by atoms with Crippen LogP contribution in [0.25, 0.3) is 0 Å². The summed E-state index contributed by atoms with van der Waals surface area (Å²) in [5, 5.41) is 11.7. The van der Waals surface area contributed by atoms with Crippen LogP contribution in [0.5, 0.6) is 0 Å². The third kappa shape index (κ3) is 3.06. The molecule has 2 aromatic rings. The van der Waals surface area contributed by atoms with Crippen molar-refractivity contribution >= 4 is 17.2 Å². The first kappa shape index (κ1) is 15.2. The Kier molecular flexibility index (Phi) is 4.57. The van der Waals surface area contributed by atoms with Gasteiger partial charge in [-0.3, -0.25) is 4.79 Å². The van der Waals surface area contributed by atoms with E-state index in [0.717, 1.165) is 42.3 Å². The molecule has 0 bridgehead atoms. The fraction of sp³-hybridized carbons (Fsp3) is 0.562. The Hall–Kier alpha value is -1.69. The molecule has 0 saturated heterocycles. The normalized spacial score (nSPS) is 15.9. The van der Waals surface area contributed by atoms with E-state index in [4.69, 9.17) is 0 Å². The molecule has 1 amide bonds. The summed E-state index contributed by atoms with van der Waals surface area (Å²) in [7, 11) is 0. The first-order valence-corrected chi connectivity index (χ1v) is 8.82. The molecular weight excluding hydrogens is 296 g/mol. The Morgan fingerprint density at radius 1 is 1.36 bits per heavy atom. The Balaban J connectivity index is 1.73. The molecule has 0 radical (unpaired) electrons. The van der Waals surface area contributed by atoms with Gasteiger partial charge in [0.15, 0.2) is 5.82 Å². The fourth-order valence-electron chi connectivity index (χ4n) is 2.85. The molecule has 1 atom stereocenters. The topological polar surface area (TPSA) is 59.8 Å². The van der Waals surface area contributed by atoms with Gasteiger partial charge in [0.2, 0.25) is 0 Å². The standard InChI is InChI=1S/C16H22N4OS/c1-3-12-8-9-13(22-12)16(21)17-11(2)15-19-18-14-7-5-4-6-10-20(14)15/h8-9,11H,3-7,10H2,1-2H3,(H,17,21)/t11-/m0/s1. The number of thiophene rings is 1. The first-order valence-electron chi connectivity index (χ1n) is 8.00. The van der Waals surface area contributed by atoms with E-state index in [9.17, 15) is 4.79 Å². The van der Waals surface area contributed by atoms with Gasteiger partial charge < -0.3 is 9.88 Å². The van der Waals surface area contributed by atoms with Crippen LogP contribution < -0.4 is 5.32 Å². The maximum atomic E-state index is 12.4. The number of nitrogens with one attached hydrogen (secondary N) is 1. The van der Waals surface area contributed by atoms with Crippen LogP contribution in [0.3, 0.4) is 0 Å². The van der Waals surface area contributed by atoms with Crippen molar-refractivity contribution in [2.75, 3.05) is 0 Å². The molecule has 0 fully saturated rings. The van der Waals surface area contributed by atoms with Gasteiger partial charge in [0.1, 0.15) is 5.82 Å². The van der Waals surface area contributed by atoms with Gasteiger partial charge in [-0.25, -0.2) is 0 Å². The van der Waals surface area contributed by atoms with E-state index in [2.05, 4.69) is 27.0 Å². The summed E-state index contributed by atoms with van der Waals surface area (Å²) in [6.45, 7) is 5.03. The van der Waals surface area contributed by atoms with Gasteiger partial charge in [0, 0.05) is 17.8 Å². The minimum Gasteiger partial charge on any atom is -0.342 e. The monoisotopic (exact) mass is 318 g/mol. The van der Waals surface area contributed by atoms with E-state index in [-0.39, 0.29) is 11.9 Å². The molecule has 3 rings (SSSR count). The minimum atomic E-state index is -0.126. The van der Waals surface area contributed by atoms with E-state index >= 15 is 0 Å². The van der Waals surface area contributed by atoms with Gasteiger partial charge in [0.05, 0.1) is 10.9 Å². The van der Waals surface area contributed by atoms with E-state index in [1.807, 2.05) is 19.1 Å². The largest absolute Gasteiger partial charge is 0.342 e. The maximum Gasteiger partial charge on any atom is 0.261 e. The number of aryl methyl sites for hydroxylation is 2. The Morgan fingerprint density at radius 3 is 3.00 bits per heavy atom. The number of carbonyl (C=O) groups is 1.